The monoisotopic (exact) mass is 346 g/mol. The van der Waals surface area contributed by atoms with Crippen LogP contribution in [0.1, 0.15) is 38.4 Å². The van der Waals surface area contributed by atoms with Crippen LogP contribution in [0, 0.1) is 5.92 Å². The summed E-state index contributed by atoms with van der Waals surface area (Å²) in [5.41, 5.74) is 2.62. The van der Waals surface area contributed by atoms with Crippen molar-refractivity contribution in [3.05, 3.63) is 23.4 Å². The van der Waals surface area contributed by atoms with Gasteiger partial charge in [0.2, 0.25) is 0 Å². The van der Waals surface area contributed by atoms with Crippen molar-refractivity contribution in [3.63, 3.8) is 0 Å². The van der Waals surface area contributed by atoms with Gasteiger partial charge in [0.15, 0.2) is 11.5 Å². The van der Waals surface area contributed by atoms with Crippen LogP contribution >= 0.6 is 0 Å². The lowest BCUT2D eigenvalue weighted by Crippen LogP contribution is -2.54. The summed E-state index contributed by atoms with van der Waals surface area (Å²) in [4.78, 5) is 15.2. The van der Waals surface area contributed by atoms with E-state index in [1.54, 1.807) is 14.2 Å². The molecule has 1 aromatic carbocycles. The Kier molecular flexibility index (Phi) is 4.41. The molecule has 0 radical (unpaired) electrons. The largest absolute Gasteiger partial charge is 0.493 e. The molecule has 25 heavy (non-hydrogen) atoms. The van der Waals surface area contributed by atoms with Crippen molar-refractivity contribution in [2.24, 2.45) is 5.92 Å². The van der Waals surface area contributed by atoms with Crippen molar-refractivity contribution in [2.45, 2.75) is 45.2 Å². The van der Waals surface area contributed by atoms with Crippen molar-refractivity contribution in [3.8, 4) is 11.5 Å². The molecule has 0 fully saturated rings. The van der Waals surface area contributed by atoms with Gasteiger partial charge in [-0.3, -0.25) is 10.1 Å². The molecule has 1 aliphatic rings. The number of aromatic amines is 1. The number of carboxylic acid groups (broad SMARTS) is 1. The van der Waals surface area contributed by atoms with E-state index < -0.39 is 17.6 Å². The number of rotatable bonds is 5. The summed E-state index contributed by atoms with van der Waals surface area (Å²) in [5.74, 6) is 0.901. The fourth-order valence-electron chi connectivity index (χ4n) is 4.10. The van der Waals surface area contributed by atoms with Crippen LogP contribution in [-0.2, 0) is 16.8 Å². The molecule has 0 unspecified atom stereocenters. The van der Waals surface area contributed by atoms with E-state index in [4.69, 9.17) is 9.47 Å². The first kappa shape index (κ1) is 17.6. The first-order chi connectivity index (χ1) is 11.8. The first-order valence-corrected chi connectivity index (χ1v) is 8.56. The Balaban J connectivity index is 2.22. The number of hydrogen-bond donors (Lipinski definition) is 3. The number of benzene rings is 1. The van der Waals surface area contributed by atoms with E-state index in [-0.39, 0.29) is 0 Å². The lowest BCUT2D eigenvalue weighted by atomic mass is 9.80. The van der Waals surface area contributed by atoms with Gasteiger partial charge < -0.3 is 19.6 Å². The lowest BCUT2D eigenvalue weighted by Gasteiger charge is -2.39. The number of fused-ring (bicyclic) bond motifs is 3. The van der Waals surface area contributed by atoms with E-state index in [0.29, 0.717) is 23.8 Å². The second-order valence-electron chi connectivity index (χ2n) is 7.40. The molecule has 2 aromatic rings. The summed E-state index contributed by atoms with van der Waals surface area (Å²) in [6.07, 6.45) is 1.28. The Morgan fingerprint density at radius 3 is 2.52 bits per heavy atom. The number of ether oxygens (including phenoxy) is 2. The van der Waals surface area contributed by atoms with Crippen LogP contribution in [0.15, 0.2) is 12.1 Å². The zero-order valence-corrected chi connectivity index (χ0v) is 15.4. The summed E-state index contributed by atoms with van der Waals surface area (Å²) in [7, 11) is 3.21. The zero-order valence-electron chi connectivity index (χ0n) is 15.4. The SMILES string of the molecule is COc1cc2[nH]c3c(c2cc1OC)C[C@H](C(=O)O)N[C@@]3(C)CC(C)C. The number of aromatic nitrogens is 1. The highest BCUT2D eigenvalue weighted by atomic mass is 16.5. The minimum Gasteiger partial charge on any atom is -0.493 e. The van der Waals surface area contributed by atoms with E-state index in [1.165, 1.54) is 0 Å². The molecule has 6 heteroatoms. The van der Waals surface area contributed by atoms with Gasteiger partial charge in [-0.1, -0.05) is 13.8 Å². The molecule has 1 aliphatic heterocycles. The summed E-state index contributed by atoms with van der Waals surface area (Å²) < 4.78 is 10.8. The van der Waals surface area contributed by atoms with Crippen LogP contribution in [0.5, 0.6) is 11.5 Å². The number of carbonyl (C=O) groups is 1. The Hall–Kier alpha value is -2.21. The Labute approximate surface area is 147 Å². The average Bonchev–Trinajstić information content (AvgIpc) is 2.91. The van der Waals surface area contributed by atoms with Crippen molar-refractivity contribution in [1.82, 2.24) is 10.3 Å². The third-order valence-electron chi connectivity index (χ3n) is 4.98. The van der Waals surface area contributed by atoms with Crippen molar-refractivity contribution >= 4 is 16.9 Å². The predicted molar refractivity (Wildman–Crippen MR) is 96.5 cm³/mol. The number of nitrogens with one attached hydrogen (secondary N) is 2. The van der Waals surface area contributed by atoms with Crippen molar-refractivity contribution in [2.75, 3.05) is 14.2 Å². The van der Waals surface area contributed by atoms with Crippen LogP contribution < -0.4 is 14.8 Å². The van der Waals surface area contributed by atoms with Gasteiger partial charge in [0.1, 0.15) is 6.04 Å². The molecule has 2 atom stereocenters. The molecular weight excluding hydrogens is 320 g/mol. The van der Waals surface area contributed by atoms with Crippen LogP contribution in [0.25, 0.3) is 10.9 Å². The third-order valence-corrected chi connectivity index (χ3v) is 4.98. The van der Waals surface area contributed by atoms with Crippen molar-refractivity contribution in [1.29, 1.82) is 0 Å². The maximum atomic E-state index is 11.7. The van der Waals surface area contributed by atoms with Gasteiger partial charge in [-0.2, -0.15) is 0 Å². The molecule has 136 valence electrons. The number of methoxy groups -OCH3 is 2. The molecule has 0 spiro atoms. The van der Waals surface area contributed by atoms with Gasteiger partial charge in [0.05, 0.1) is 19.8 Å². The Morgan fingerprint density at radius 1 is 1.32 bits per heavy atom. The third kappa shape index (κ3) is 2.95. The van der Waals surface area contributed by atoms with Gasteiger partial charge in [-0.15, -0.1) is 0 Å². The van der Waals surface area contributed by atoms with Gasteiger partial charge in [0, 0.05) is 29.1 Å². The lowest BCUT2D eigenvalue weighted by molar-refractivity contribution is -0.140. The molecular formula is C19H26N2O4. The van der Waals surface area contributed by atoms with Crippen LogP contribution in [0.2, 0.25) is 0 Å². The second-order valence-corrected chi connectivity index (χ2v) is 7.40. The van der Waals surface area contributed by atoms with E-state index in [0.717, 1.165) is 28.6 Å². The fourth-order valence-corrected chi connectivity index (χ4v) is 4.10. The van der Waals surface area contributed by atoms with Gasteiger partial charge in [0.25, 0.3) is 0 Å². The molecule has 0 amide bonds. The minimum absolute atomic E-state index is 0.424. The number of carboxylic acids is 1. The second kappa shape index (κ2) is 6.26. The number of H-pyrrole nitrogens is 1. The predicted octanol–water partition coefficient (Wildman–Crippen LogP) is 3.05. The molecule has 2 heterocycles. The molecule has 0 saturated heterocycles. The van der Waals surface area contributed by atoms with Crippen LogP contribution in [0.3, 0.4) is 0 Å². The van der Waals surface area contributed by atoms with Gasteiger partial charge in [-0.05, 0) is 30.9 Å². The van der Waals surface area contributed by atoms with E-state index >= 15 is 0 Å². The summed E-state index contributed by atoms with van der Waals surface area (Å²) in [6.45, 7) is 6.36. The van der Waals surface area contributed by atoms with Crippen molar-refractivity contribution < 1.29 is 19.4 Å². The molecule has 1 aromatic heterocycles. The number of aliphatic carboxylic acids is 1. The summed E-state index contributed by atoms with van der Waals surface area (Å²) in [6, 6.07) is 3.24. The highest BCUT2D eigenvalue weighted by molar-refractivity contribution is 5.90. The van der Waals surface area contributed by atoms with Gasteiger partial charge in [-0.25, -0.2) is 0 Å². The van der Waals surface area contributed by atoms with Gasteiger partial charge >= 0.3 is 5.97 Å². The van der Waals surface area contributed by atoms with Crippen LogP contribution in [0.4, 0.5) is 0 Å². The molecule has 3 N–H and O–H groups in total. The quantitative estimate of drug-likeness (QED) is 0.775. The van der Waals surface area contributed by atoms with E-state index in [9.17, 15) is 9.90 Å². The van der Waals surface area contributed by atoms with E-state index in [2.05, 4.69) is 31.1 Å². The minimum atomic E-state index is -0.824. The van der Waals surface area contributed by atoms with Crippen LogP contribution in [-0.4, -0.2) is 36.3 Å². The van der Waals surface area contributed by atoms with E-state index in [1.807, 2.05) is 12.1 Å². The molecule has 0 saturated carbocycles. The average molecular weight is 346 g/mol. The highest BCUT2D eigenvalue weighted by Gasteiger charge is 2.41. The Bertz CT molecular complexity index is 811. The maximum absolute atomic E-state index is 11.7. The summed E-state index contributed by atoms with van der Waals surface area (Å²) in [5, 5.41) is 13.9. The molecule has 6 nitrogen and oxygen atoms in total. The smallest absolute Gasteiger partial charge is 0.321 e. The maximum Gasteiger partial charge on any atom is 0.321 e. The molecule has 0 bridgehead atoms. The summed E-state index contributed by atoms with van der Waals surface area (Å²) >= 11 is 0. The highest BCUT2D eigenvalue weighted by Crippen LogP contribution is 2.42. The molecule has 0 aliphatic carbocycles. The standard InChI is InChI=1S/C19H26N2O4/c1-10(2)9-19(3)17-12(6-14(21-19)18(22)23)11-7-15(24-4)16(25-5)8-13(11)20-17/h7-8,10,14,20-21H,6,9H2,1-5H3,(H,22,23)/t14-,19+/m1/s1. The zero-order chi connectivity index (χ0) is 18.4. The first-order valence-electron chi connectivity index (χ1n) is 8.56. The molecule has 3 rings (SSSR count). The topological polar surface area (TPSA) is 83.6 Å². The fraction of sp³-hybridized carbons (Fsp3) is 0.526. The normalized spacial score (nSPS) is 22.9. The Morgan fingerprint density at radius 2 is 1.96 bits per heavy atom. The number of hydrogen-bond acceptors (Lipinski definition) is 4.